The Morgan fingerprint density at radius 1 is 1.00 bits per heavy atom. The van der Waals surface area contributed by atoms with E-state index < -0.39 is 17.5 Å². The SMILES string of the molecule is Cc1ccc(C)c(N(C(=O)Cn2nnc(-c3ccc(C)o3)n2)[C@H](C(=O)NC(C)(C)C)c2ccc(C)o2)c1. The maximum absolute atomic E-state index is 14.0. The van der Waals surface area contributed by atoms with Crippen LogP contribution in [0.4, 0.5) is 5.69 Å². The summed E-state index contributed by atoms with van der Waals surface area (Å²) >= 11 is 0. The highest BCUT2D eigenvalue weighted by atomic mass is 16.3. The van der Waals surface area contributed by atoms with Crippen LogP contribution < -0.4 is 10.2 Å². The van der Waals surface area contributed by atoms with E-state index >= 15 is 0 Å². The first-order valence-electron chi connectivity index (χ1n) is 12.0. The Balaban J connectivity index is 1.77. The lowest BCUT2D eigenvalue weighted by Crippen LogP contribution is -2.50. The molecule has 0 bridgehead atoms. The number of aromatic nitrogens is 4. The molecule has 194 valence electrons. The number of nitrogens with zero attached hydrogens (tertiary/aromatic N) is 5. The van der Waals surface area contributed by atoms with Gasteiger partial charge in [-0.3, -0.25) is 14.5 Å². The largest absolute Gasteiger partial charge is 0.464 e. The molecule has 1 aromatic carbocycles. The van der Waals surface area contributed by atoms with Crippen LogP contribution in [0.15, 0.2) is 51.3 Å². The van der Waals surface area contributed by atoms with Gasteiger partial charge in [-0.15, -0.1) is 10.2 Å². The van der Waals surface area contributed by atoms with Crippen molar-refractivity contribution < 1.29 is 18.4 Å². The number of rotatable bonds is 7. The number of furan rings is 2. The molecule has 37 heavy (non-hydrogen) atoms. The highest BCUT2D eigenvalue weighted by molar-refractivity contribution is 6.01. The fourth-order valence-corrected chi connectivity index (χ4v) is 3.97. The molecule has 0 saturated heterocycles. The summed E-state index contributed by atoms with van der Waals surface area (Å²) < 4.78 is 11.5. The first-order valence-corrected chi connectivity index (χ1v) is 12.0. The molecule has 0 aliphatic carbocycles. The molecule has 0 fully saturated rings. The molecule has 10 nitrogen and oxygen atoms in total. The van der Waals surface area contributed by atoms with Crippen molar-refractivity contribution in [3.05, 3.63) is 70.9 Å². The van der Waals surface area contributed by atoms with Gasteiger partial charge in [-0.1, -0.05) is 12.1 Å². The van der Waals surface area contributed by atoms with Crippen LogP contribution in [-0.2, 0) is 16.1 Å². The van der Waals surface area contributed by atoms with E-state index in [2.05, 4.69) is 20.7 Å². The third kappa shape index (κ3) is 5.96. The maximum atomic E-state index is 14.0. The van der Waals surface area contributed by atoms with E-state index in [-0.39, 0.29) is 18.3 Å². The van der Waals surface area contributed by atoms with Crippen molar-refractivity contribution in [2.24, 2.45) is 0 Å². The Morgan fingerprint density at radius 3 is 2.32 bits per heavy atom. The van der Waals surface area contributed by atoms with Crippen molar-refractivity contribution in [1.82, 2.24) is 25.5 Å². The Bertz CT molecular complexity index is 1420. The number of anilines is 1. The predicted octanol–water partition coefficient (Wildman–Crippen LogP) is 4.45. The summed E-state index contributed by atoms with van der Waals surface area (Å²) in [6.45, 7) is 12.8. The summed E-state index contributed by atoms with van der Waals surface area (Å²) in [6, 6.07) is 11.7. The van der Waals surface area contributed by atoms with Crippen LogP contribution in [0.1, 0.15) is 55.2 Å². The number of tetrazole rings is 1. The monoisotopic (exact) mass is 504 g/mol. The van der Waals surface area contributed by atoms with Gasteiger partial charge in [0, 0.05) is 11.2 Å². The van der Waals surface area contributed by atoms with Gasteiger partial charge < -0.3 is 14.2 Å². The zero-order chi connectivity index (χ0) is 26.9. The lowest BCUT2D eigenvalue weighted by atomic mass is 10.0. The molecule has 1 N–H and O–H groups in total. The van der Waals surface area contributed by atoms with Crippen LogP contribution >= 0.6 is 0 Å². The number of benzene rings is 1. The van der Waals surface area contributed by atoms with Crippen LogP contribution in [-0.4, -0.2) is 37.6 Å². The third-order valence-electron chi connectivity index (χ3n) is 5.62. The molecule has 2 amide bonds. The Morgan fingerprint density at radius 2 is 1.70 bits per heavy atom. The van der Waals surface area contributed by atoms with Gasteiger partial charge in [-0.25, -0.2) is 0 Å². The van der Waals surface area contributed by atoms with E-state index in [1.165, 1.54) is 9.70 Å². The second-order valence-corrected chi connectivity index (χ2v) is 10.2. The van der Waals surface area contributed by atoms with Gasteiger partial charge in [0.2, 0.25) is 5.82 Å². The molecule has 0 aliphatic heterocycles. The molecule has 0 unspecified atom stereocenters. The molecule has 0 spiro atoms. The molecule has 10 heteroatoms. The van der Waals surface area contributed by atoms with E-state index in [9.17, 15) is 9.59 Å². The minimum Gasteiger partial charge on any atom is -0.464 e. The van der Waals surface area contributed by atoms with Gasteiger partial charge in [0.25, 0.3) is 11.8 Å². The van der Waals surface area contributed by atoms with Gasteiger partial charge in [0.05, 0.1) is 0 Å². The fourth-order valence-electron chi connectivity index (χ4n) is 3.97. The first-order chi connectivity index (χ1) is 17.4. The minimum absolute atomic E-state index is 0.251. The van der Waals surface area contributed by atoms with Crippen LogP contribution in [0.3, 0.4) is 0 Å². The summed E-state index contributed by atoms with van der Waals surface area (Å²) in [5, 5.41) is 15.4. The quantitative estimate of drug-likeness (QED) is 0.395. The lowest BCUT2D eigenvalue weighted by Gasteiger charge is -2.33. The van der Waals surface area contributed by atoms with Gasteiger partial charge in [-0.05, 0) is 95.1 Å². The van der Waals surface area contributed by atoms with Crippen LogP contribution in [0, 0.1) is 27.7 Å². The van der Waals surface area contributed by atoms with Crippen molar-refractivity contribution in [1.29, 1.82) is 0 Å². The second kappa shape index (κ2) is 10.0. The molecule has 3 heterocycles. The van der Waals surface area contributed by atoms with Gasteiger partial charge >= 0.3 is 0 Å². The molecular formula is C27H32N6O4. The zero-order valence-corrected chi connectivity index (χ0v) is 22.2. The summed E-state index contributed by atoms with van der Waals surface area (Å²) in [5.74, 6) is 1.65. The van der Waals surface area contributed by atoms with Crippen LogP contribution in [0.2, 0.25) is 0 Å². The highest BCUT2D eigenvalue weighted by Crippen LogP contribution is 2.33. The lowest BCUT2D eigenvalue weighted by molar-refractivity contribution is -0.128. The van der Waals surface area contributed by atoms with Crippen molar-refractivity contribution >= 4 is 17.5 Å². The average molecular weight is 505 g/mol. The molecule has 0 aliphatic rings. The maximum Gasteiger partial charge on any atom is 0.251 e. The normalized spacial score (nSPS) is 12.4. The Labute approximate surface area is 215 Å². The topological polar surface area (TPSA) is 119 Å². The average Bonchev–Trinajstić information content (AvgIpc) is 3.54. The predicted molar refractivity (Wildman–Crippen MR) is 138 cm³/mol. The second-order valence-electron chi connectivity index (χ2n) is 10.2. The molecular weight excluding hydrogens is 472 g/mol. The number of hydrogen-bond donors (Lipinski definition) is 1. The van der Waals surface area contributed by atoms with Crippen molar-refractivity contribution in [3.63, 3.8) is 0 Å². The Kier molecular flexibility index (Phi) is 7.02. The summed E-state index contributed by atoms with van der Waals surface area (Å²) in [5.41, 5.74) is 1.83. The zero-order valence-electron chi connectivity index (χ0n) is 22.2. The van der Waals surface area contributed by atoms with E-state index in [1.807, 2.05) is 59.7 Å². The number of nitrogens with one attached hydrogen (secondary N) is 1. The van der Waals surface area contributed by atoms with Crippen molar-refractivity contribution in [2.45, 2.75) is 66.6 Å². The van der Waals surface area contributed by atoms with Gasteiger partial charge in [-0.2, -0.15) is 4.80 Å². The van der Waals surface area contributed by atoms with E-state index in [0.717, 1.165) is 11.1 Å². The van der Waals surface area contributed by atoms with E-state index in [0.29, 0.717) is 28.7 Å². The molecule has 3 aromatic heterocycles. The van der Waals surface area contributed by atoms with E-state index in [4.69, 9.17) is 8.83 Å². The van der Waals surface area contributed by atoms with Crippen LogP contribution in [0.25, 0.3) is 11.6 Å². The number of aryl methyl sites for hydroxylation is 4. The van der Waals surface area contributed by atoms with Crippen molar-refractivity contribution in [3.8, 4) is 11.6 Å². The van der Waals surface area contributed by atoms with Gasteiger partial charge in [0.15, 0.2) is 11.8 Å². The molecule has 4 aromatic rings. The molecule has 1 atom stereocenters. The molecule has 0 radical (unpaired) electrons. The smallest absolute Gasteiger partial charge is 0.251 e. The molecule has 4 rings (SSSR count). The summed E-state index contributed by atoms with van der Waals surface area (Å²) in [6.07, 6.45) is 0. The fraction of sp³-hybridized carbons (Fsp3) is 0.370. The van der Waals surface area contributed by atoms with Crippen molar-refractivity contribution in [2.75, 3.05) is 4.90 Å². The first kappa shape index (κ1) is 25.9. The number of carbonyl (C=O) groups is 2. The summed E-state index contributed by atoms with van der Waals surface area (Å²) in [4.78, 5) is 30.3. The highest BCUT2D eigenvalue weighted by Gasteiger charge is 2.37. The molecule has 0 saturated carbocycles. The number of carbonyl (C=O) groups excluding carboxylic acids is 2. The number of hydrogen-bond acceptors (Lipinski definition) is 7. The van der Waals surface area contributed by atoms with E-state index in [1.54, 1.807) is 31.2 Å². The minimum atomic E-state index is -1.06. The third-order valence-corrected chi connectivity index (χ3v) is 5.62. The summed E-state index contributed by atoms with van der Waals surface area (Å²) in [7, 11) is 0. The standard InChI is InChI=1S/C27H32N6O4/c1-16-8-9-17(2)20(14-16)33(24(21-12-10-18(3)36-21)26(35)28-27(5,6)7)23(34)15-32-30-25(29-31-32)22-13-11-19(4)37-22/h8-14,24H,15H2,1-7H3,(H,28,35)/t24-/m0/s1. The number of amides is 2. The van der Waals surface area contributed by atoms with Gasteiger partial charge in [0.1, 0.15) is 23.8 Å². The Hall–Kier alpha value is -4.21. The van der Waals surface area contributed by atoms with Crippen LogP contribution in [0.5, 0.6) is 0 Å².